The van der Waals surface area contributed by atoms with Gasteiger partial charge in [-0.15, -0.1) is 29.9 Å². The first-order valence-corrected chi connectivity index (χ1v) is 7.04. The van der Waals surface area contributed by atoms with E-state index in [1.54, 1.807) is 24.8 Å². The van der Waals surface area contributed by atoms with Gasteiger partial charge >= 0.3 is 0 Å². The Kier molecular flexibility index (Phi) is 6.77. The zero-order chi connectivity index (χ0) is 14.8. The monoisotopic (exact) mass is 391 g/mol. The number of hydrogen-bond acceptors (Lipinski definition) is 5. The molecule has 23 heavy (non-hydrogen) atoms. The van der Waals surface area contributed by atoms with Crippen LogP contribution in [0.2, 0.25) is 4.34 Å². The molecule has 11 heteroatoms. The van der Waals surface area contributed by atoms with E-state index in [2.05, 4.69) is 20.2 Å². The van der Waals surface area contributed by atoms with Crippen LogP contribution in [0.3, 0.4) is 0 Å². The van der Waals surface area contributed by atoms with Crippen LogP contribution >= 0.6 is 47.8 Å². The molecule has 0 aliphatic carbocycles. The second-order valence-electron chi connectivity index (χ2n) is 4.04. The molecule has 3 aromatic rings. The molecule has 3 heterocycles. The van der Waals surface area contributed by atoms with Crippen LogP contribution in [-0.2, 0) is 0 Å². The third-order valence-corrected chi connectivity index (χ3v) is 3.74. The van der Waals surface area contributed by atoms with E-state index < -0.39 is 0 Å². The van der Waals surface area contributed by atoms with Crippen LogP contribution < -0.4 is 11.5 Å². The highest BCUT2D eigenvalue weighted by atomic mass is 35.5. The van der Waals surface area contributed by atoms with Gasteiger partial charge in [-0.2, -0.15) is 5.10 Å². The van der Waals surface area contributed by atoms with Crippen LogP contribution in [0.4, 0.5) is 0 Å². The number of aromatic nitrogens is 3. The first-order chi connectivity index (χ1) is 10.1. The lowest BCUT2D eigenvalue weighted by atomic mass is 10.1. The third-order valence-electron chi connectivity index (χ3n) is 2.64. The van der Waals surface area contributed by atoms with Gasteiger partial charge < -0.3 is 11.5 Å². The van der Waals surface area contributed by atoms with Crippen molar-refractivity contribution in [2.24, 2.45) is 21.7 Å². The van der Waals surface area contributed by atoms with E-state index in [1.165, 1.54) is 11.3 Å². The number of fused-ring (bicyclic) bond motifs is 1. The predicted octanol–water partition coefficient (Wildman–Crippen LogP) is 2.56. The zero-order valence-electron chi connectivity index (χ0n) is 11.5. The van der Waals surface area contributed by atoms with Crippen LogP contribution in [0.5, 0.6) is 0 Å². The van der Waals surface area contributed by atoms with Crippen LogP contribution in [-0.4, -0.2) is 26.5 Å². The van der Waals surface area contributed by atoms with Crippen molar-refractivity contribution in [3.05, 3.63) is 40.8 Å². The lowest BCUT2D eigenvalue weighted by molar-refractivity contribution is 1.18. The summed E-state index contributed by atoms with van der Waals surface area (Å²) in [6, 6.07) is 3.73. The quantitative estimate of drug-likeness (QED) is 0.406. The largest absolute Gasteiger partial charge is 0.369 e. The molecule has 0 spiro atoms. The summed E-state index contributed by atoms with van der Waals surface area (Å²) >= 11 is 7.39. The van der Waals surface area contributed by atoms with Crippen molar-refractivity contribution in [3.63, 3.8) is 0 Å². The fourth-order valence-corrected chi connectivity index (χ4v) is 2.85. The molecule has 0 saturated heterocycles. The molecule has 0 saturated carbocycles. The lowest BCUT2D eigenvalue weighted by Crippen LogP contribution is -2.21. The number of hydrogen-bond donors (Lipinski definition) is 2. The number of thiazole rings is 1. The summed E-state index contributed by atoms with van der Waals surface area (Å²) in [6.07, 6.45) is 6.72. The van der Waals surface area contributed by atoms with Crippen molar-refractivity contribution in [1.82, 2.24) is 14.4 Å². The fourth-order valence-electron chi connectivity index (χ4n) is 1.83. The molecule has 7 nitrogen and oxygen atoms in total. The number of guanidine groups is 1. The minimum atomic E-state index is -0.110. The Morgan fingerprint density at radius 2 is 1.96 bits per heavy atom. The molecule has 4 N–H and O–H groups in total. The number of imidazole rings is 1. The second-order valence-corrected chi connectivity index (χ2v) is 5.68. The van der Waals surface area contributed by atoms with Gasteiger partial charge in [0.05, 0.1) is 17.6 Å². The van der Waals surface area contributed by atoms with Gasteiger partial charge in [-0.05, 0) is 12.1 Å². The van der Waals surface area contributed by atoms with E-state index >= 15 is 0 Å². The summed E-state index contributed by atoms with van der Waals surface area (Å²) in [5, 5.41) is 7.46. The summed E-state index contributed by atoms with van der Waals surface area (Å²) in [5.41, 5.74) is 12.9. The molecule has 3 aromatic heterocycles. The number of nitrogens with two attached hydrogens (primary N) is 2. The Labute approximate surface area is 152 Å². The maximum absolute atomic E-state index is 6.01. The molecular weight excluding hydrogens is 381 g/mol. The summed E-state index contributed by atoms with van der Waals surface area (Å²) in [7, 11) is 0. The molecule has 0 aliphatic heterocycles. The summed E-state index contributed by atoms with van der Waals surface area (Å²) in [4.78, 5) is 9.33. The van der Waals surface area contributed by atoms with Gasteiger partial charge in [0.2, 0.25) is 5.96 Å². The molecule has 0 aliphatic rings. The van der Waals surface area contributed by atoms with Gasteiger partial charge in [0.1, 0.15) is 4.34 Å². The van der Waals surface area contributed by atoms with E-state index in [4.69, 9.17) is 23.1 Å². The van der Waals surface area contributed by atoms with Gasteiger partial charge in [-0.25, -0.2) is 4.98 Å². The van der Waals surface area contributed by atoms with E-state index in [0.29, 0.717) is 4.34 Å². The average Bonchev–Trinajstić information content (AvgIpc) is 2.97. The van der Waals surface area contributed by atoms with Gasteiger partial charge in [0.25, 0.3) is 0 Å². The Morgan fingerprint density at radius 3 is 2.61 bits per heavy atom. The van der Waals surface area contributed by atoms with E-state index in [0.717, 1.165) is 21.9 Å². The van der Waals surface area contributed by atoms with Crippen molar-refractivity contribution in [2.45, 2.75) is 0 Å². The van der Waals surface area contributed by atoms with E-state index in [-0.39, 0.29) is 30.8 Å². The van der Waals surface area contributed by atoms with Crippen molar-refractivity contribution < 1.29 is 0 Å². The molecule has 3 rings (SSSR count). The number of halogens is 3. The van der Waals surface area contributed by atoms with Crippen LogP contribution in [0.25, 0.3) is 16.2 Å². The van der Waals surface area contributed by atoms with E-state index in [9.17, 15) is 0 Å². The van der Waals surface area contributed by atoms with Gasteiger partial charge in [0, 0.05) is 24.2 Å². The van der Waals surface area contributed by atoms with Crippen molar-refractivity contribution >= 4 is 64.9 Å². The Balaban J connectivity index is 0.00000132. The maximum Gasteiger partial charge on any atom is 0.211 e. The minimum absolute atomic E-state index is 0. The lowest BCUT2D eigenvalue weighted by Gasteiger charge is -1.98. The standard InChI is InChI=1S/C12H10ClN7S.2ClH/c13-9-6-20-8(5-17-19-11(14)15)10(18-12(20)21-9)7-1-3-16-4-2-7;;/h1-6H,(H4,14,15,19);2*1H/b17-5+;;. The van der Waals surface area contributed by atoms with Crippen LogP contribution in [0.15, 0.2) is 40.9 Å². The molecule has 0 amide bonds. The van der Waals surface area contributed by atoms with Gasteiger partial charge in [-0.3, -0.25) is 9.38 Å². The molecule has 0 fully saturated rings. The molecule has 0 atom stereocenters. The zero-order valence-corrected chi connectivity index (χ0v) is 14.7. The van der Waals surface area contributed by atoms with Gasteiger partial charge in [0.15, 0.2) is 4.96 Å². The maximum atomic E-state index is 6.01. The normalized spacial score (nSPS) is 10.3. The van der Waals surface area contributed by atoms with E-state index in [1.807, 2.05) is 16.5 Å². The SMILES string of the molecule is Cl.Cl.NC(N)=N/N=C/c1c(-c2ccncc2)nc2sc(Cl)cn12. The minimum Gasteiger partial charge on any atom is -0.369 e. The highest BCUT2D eigenvalue weighted by Crippen LogP contribution is 2.29. The first kappa shape index (κ1) is 19.2. The smallest absolute Gasteiger partial charge is 0.211 e. The second kappa shape index (κ2) is 8.11. The van der Waals surface area contributed by atoms with Crippen LogP contribution in [0.1, 0.15) is 5.69 Å². The summed E-state index contributed by atoms with van der Waals surface area (Å²) in [5.74, 6) is -0.110. The van der Waals surface area contributed by atoms with Crippen molar-refractivity contribution in [1.29, 1.82) is 0 Å². The Bertz CT molecular complexity index is 837. The molecule has 0 aromatic carbocycles. The average molecular weight is 393 g/mol. The first-order valence-electron chi connectivity index (χ1n) is 5.85. The molecule has 0 unspecified atom stereocenters. The highest BCUT2D eigenvalue weighted by molar-refractivity contribution is 7.20. The summed E-state index contributed by atoms with van der Waals surface area (Å²) < 4.78 is 2.48. The van der Waals surface area contributed by atoms with Gasteiger partial charge in [-0.1, -0.05) is 22.9 Å². The molecule has 0 radical (unpaired) electrons. The Morgan fingerprint density at radius 1 is 1.26 bits per heavy atom. The van der Waals surface area contributed by atoms with Crippen molar-refractivity contribution in [3.8, 4) is 11.3 Å². The number of nitrogens with zero attached hydrogens (tertiary/aromatic N) is 5. The number of rotatable bonds is 3. The number of pyridine rings is 1. The highest BCUT2D eigenvalue weighted by Gasteiger charge is 2.14. The molecular formula is C12H12Cl3N7S. The predicted molar refractivity (Wildman–Crippen MR) is 99.2 cm³/mol. The Hall–Kier alpha value is -1.87. The molecule has 0 bridgehead atoms. The third kappa shape index (κ3) is 4.11. The fraction of sp³-hybridized carbons (Fsp3) is 0. The topological polar surface area (TPSA) is 107 Å². The summed E-state index contributed by atoms with van der Waals surface area (Å²) in [6.45, 7) is 0. The van der Waals surface area contributed by atoms with Crippen molar-refractivity contribution in [2.75, 3.05) is 0 Å². The van der Waals surface area contributed by atoms with Crippen LogP contribution in [0, 0.1) is 0 Å². The molecule has 122 valence electrons.